The molecule has 0 radical (unpaired) electrons. The maximum Gasteiger partial charge on any atom is 0.243 e. The smallest absolute Gasteiger partial charge is 0.243 e. The standard InChI is InChI=1S/C34H36FN5O4/c1-43-38-32(23-15-16-44-20-23)34(42)39-19-26(41)18-31(39)33-36-27-12-7-22(17-28(27)37-33)30-14-13-29(21-5-3-2-4-6-21)40(30)25-10-8-24(35)9-11-25/h3,5-12,17,23,26,29-32,38,41H,13-16,18-20H2,1H3,(H,36,37)/t23?,26-,29-,30-,31+,32+/m1/s1. The number of imidazole rings is 1. The van der Waals surface area contributed by atoms with Crippen LogP contribution in [-0.2, 0) is 14.4 Å². The minimum absolute atomic E-state index is 0.00901. The zero-order chi connectivity index (χ0) is 30.2. The Hall–Kier alpha value is -4.01. The first-order chi connectivity index (χ1) is 21.5. The summed E-state index contributed by atoms with van der Waals surface area (Å²) in [4.78, 5) is 31.4. The lowest BCUT2D eigenvalue weighted by Crippen LogP contribution is -2.50. The van der Waals surface area contributed by atoms with Gasteiger partial charge in [-0.05, 0) is 85.0 Å². The van der Waals surface area contributed by atoms with Crippen LogP contribution in [0, 0.1) is 23.9 Å². The van der Waals surface area contributed by atoms with Gasteiger partial charge in [-0.3, -0.25) is 4.79 Å². The van der Waals surface area contributed by atoms with E-state index in [9.17, 15) is 14.3 Å². The number of halogens is 1. The molecule has 44 heavy (non-hydrogen) atoms. The molecule has 10 heteroatoms. The molecule has 0 aliphatic carbocycles. The number of rotatable bonds is 8. The quantitative estimate of drug-likeness (QED) is 0.256. The van der Waals surface area contributed by atoms with Crippen LogP contribution < -0.4 is 10.4 Å². The molecule has 0 bridgehead atoms. The maximum absolute atomic E-state index is 13.9. The van der Waals surface area contributed by atoms with Crippen molar-refractivity contribution in [1.29, 1.82) is 0 Å². The molecule has 1 amide bonds. The fourth-order valence-electron chi connectivity index (χ4n) is 7.20. The summed E-state index contributed by atoms with van der Waals surface area (Å²) in [5.41, 5.74) is 7.77. The number of aromatic amines is 1. The Morgan fingerprint density at radius 2 is 1.93 bits per heavy atom. The van der Waals surface area contributed by atoms with Crippen molar-refractivity contribution >= 4 is 22.6 Å². The zero-order valence-corrected chi connectivity index (χ0v) is 24.6. The largest absolute Gasteiger partial charge is 0.391 e. The first-order valence-corrected chi connectivity index (χ1v) is 15.3. The summed E-state index contributed by atoms with van der Waals surface area (Å²) in [7, 11) is 1.50. The number of aliphatic hydroxyl groups excluding tert-OH is 1. The highest BCUT2D eigenvalue weighted by atomic mass is 19.1. The molecule has 4 heterocycles. The molecule has 0 spiro atoms. The third-order valence-corrected chi connectivity index (χ3v) is 9.31. The van der Waals surface area contributed by atoms with Crippen LogP contribution >= 0.6 is 0 Å². The first-order valence-electron chi connectivity index (χ1n) is 15.3. The highest BCUT2D eigenvalue weighted by molar-refractivity contribution is 5.83. The van der Waals surface area contributed by atoms with Gasteiger partial charge in [-0.25, -0.2) is 9.37 Å². The van der Waals surface area contributed by atoms with Gasteiger partial charge < -0.3 is 29.5 Å². The number of H-pyrrole nitrogens is 1. The maximum atomic E-state index is 13.9. The van der Waals surface area contributed by atoms with Crippen molar-refractivity contribution in [2.24, 2.45) is 5.92 Å². The molecule has 3 N–H and O–H groups in total. The van der Waals surface area contributed by atoms with Gasteiger partial charge in [0, 0.05) is 31.2 Å². The predicted molar refractivity (Wildman–Crippen MR) is 162 cm³/mol. The number of aromatic nitrogens is 2. The van der Waals surface area contributed by atoms with Crippen LogP contribution in [-0.4, -0.2) is 64.9 Å². The SMILES string of the molecule is CON[C@H](C(=O)N1C[C@H](O)C[C@H]1c1nc2ccc([C@H]3CC[C@H](c4cc#ccc4)N3c3ccc(F)cc3)cc2[nH]1)C1CCOC1. The molecule has 3 saturated heterocycles. The van der Waals surface area contributed by atoms with E-state index in [-0.39, 0.29) is 36.3 Å². The highest BCUT2D eigenvalue weighted by Gasteiger charge is 2.43. The molecule has 7 rings (SSSR count). The van der Waals surface area contributed by atoms with Crippen LogP contribution in [0.3, 0.4) is 0 Å². The van der Waals surface area contributed by atoms with Gasteiger partial charge in [0.05, 0.1) is 49.0 Å². The van der Waals surface area contributed by atoms with Crippen molar-refractivity contribution in [3.8, 4) is 0 Å². The number of benzene rings is 2. The number of nitrogens with one attached hydrogen (secondary N) is 2. The summed E-state index contributed by atoms with van der Waals surface area (Å²) in [6.45, 7) is 1.33. The third kappa shape index (κ3) is 5.41. The van der Waals surface area contributed by atoms with Crippen LogP contribution in [0.1, 0.15) is 60.8 Å². The summed E-state index contributed by atoms with van der Waals surface area (Å²) < 4.78 is 19.4. The number of β-amino-alcohol motifs (C(OH)–C–C–N with tert-alkyl or cyclic N) is 1. The number of aliphatic hydroxyl groups is 1. The molecule has 9 nitrogen and oxygen atoms in total. The van der Waals surface area contributed by atoms with E-state index in [1.54, 1.807) is 4.90 Å². The second kappa shape index (κ2) is 12.2. The van der Waals surface area contributed by atoms with E-state index in [1.165, 1.54) is 19.2 Å². The number of anilines is 1. The van der Waals surface area contributed by atoms with Gasteiger partial charge in [0.15, 0.2) is 0 Å². The average molecular weight is 598 g/mol. The van der Waals surface area contributed by atoms with E-state index in [1.807, 2.05) is 30.3 Å². The van der Waals surface area contributed by atoms with E-state index in [4.69, 9.17) is 14.6 Å². The normalized spacial score (nSPS) is 25.9. The number of hydrogen-bond acceptors (Lipinski definition) is 7. The highest BCUT2D eigenvalue weighted by Crippen LogP contribution is 2.47. The van der Waals surface area contributed by atoms with Gasteiger partial charge in [-0.1, -0.05) is 18.2 Å². The molecule has 1 aromatic heterocycles. The lowest BCUT2D eigenvalue weighted by molar-refractivity contribution is -0.140. The van der Waals surface area contributed by atoms with Crippen LogP contribution in [0.5, 0.6) is 0 Å². The molecule has 3 aliphatic rings. The lowest BCUT2D eigenvalue weighted by Gasteiger charge is -2.33. The Morgan fingerprint density at radius 1 is 1.11 bits per heavy atom. The predicted octanol–water partition coefficient (Wildman–Crippen LogP) is 4.58. The third-order valence-electron chi connectivity index (χ3n) is 9.31. The first kappa shape index (κ1) is 28.7. The van der Waals surface area contributed by atoms with Crippen LogP contribution in [0.4, 0.5) is 10.1 Å². The van der Waals surface area contributed by atoms with E-state index >= 15 is 0 Å². The average Bonchev–Trinajstić information content (AvgIpc) is 3.86. The Kier molecular flexibility index (Phi) is 7.95. The fraction of sp³-hybridized carbons (Fsp3) is 0.412. The summed E-state index contributed by atoms with van der Waals surface area (Å²) in [5.74, 6) is 0.246. The molecule has 228 valence electrons. The molecule has 3 aliphatic heterocycles. The molecule has 3 fully saturated rings. The van der Waals surface area contributed by atoms with Crippen LogP contribution in [0.2, 0.25) is 0 Å². The lowest BCUT2D eigenvalue weighted by atomic mass is 9.98. The van der Waals surface area contributed by atoms with Gasteiger partial charge in [0.25, 0.3) is 0 Å². The van der Waals surface area contributed by atoms with Crippen LogP contribution in [0.15, 0.2) is 60.7 Å². The van der Waals surface area contributed by atoms with Gasteiger partial charge in [0.2, 0.25) is 5.91 Å². The van der Waals surface area contributed by atoms with Crippen molar-refractivity contribution in [2.45, 2.75) is 56.0 Å². The van der Waals surface area contributed by atoms with E-state index < -0.39 is 18.2 Å². The molecule has 3 aromatic carbocycles. The molecule has 1 unspecified atom stereocenters. The van der Waals surface area contributed by atoms with Crippen LogP contribution in [0.25, 0.3) is 11.0 Å². The number of nitrogens with zero attached hydrogens (tertiary/aromatic N) is 3. The summed E-state index contributed by atoms with van der Waals surface area (Å²) >= 11 is 0. The number of fused-ring (bicyclic) bond motifs is 1. The van der Waals surface area contributed by atoms with Crippen molar-refractivity contribution in [3.63, 3.8) is 0 Å². The van der Waals surface area contributed by atoms with Crippen molar-refractivity contribution < 1.29 is 23.9 Å². The van der Waals surface area contributed by atoms with Crippen molar-refractivity contribution in [1.82, 2.24) is 20.3 Å². The van der Waals surface area contributed by atoms with E-state index in [0.29, 0.717) is 25.5 Å². The summed E-state index contributed by atoms with van der Waals surface area (Å²) in [6, 6.07) is 24.1. The molecule has 6 atom stereocenters. The zero-order valence-electron chi connectivity index (χ0n) is 24.6. The topological polar surface area (TPSA) is 103 Å². The number of hydrogen-bond donors (Lipinski definition) is 3. The number of hydroxylamine groups is 1. The van der Waals surface area contributed by atoms with E-state index in [0.717, 1.165) is 47.1 Å². The van der Waals surface area contributed by atoms with Gasteiger partial charge in [-0.2, -0.15) is 5.48 Å². The molecule has 4 aromatic rings. The number of carbonyl (C=O) groups is 1. The summed E-state index contributed by atoms with van der Waals surface area (Å²) in [5, 5.41) is 10.6. The number of carbonyl (C=O) groups excluding carboxylic acids is 1. The van der Waals surface area contributed by atoms with Gasteiger partial charge in [-0.15, -0.1) is 0 Å². The Balaban J connectivity index is 1.19. The number of amides is 1. The molecular weight excluding hydrogens is 561 g/mol. The Bertz CT molecular complexity index is 1590. The summed E-state index contributed by atoms with van der Waals surface area (Å²) in [6.07, 6.45) is 2.37. The fourth-order valence-corrected chi connectivity index (χ4v) is 7.20. The second-order valence-corrected chi connectivity index (χ2v) is 12.0. The Labute approximate surface area is 255 Å². The minimum atomic E-state index is -0.650. The van der Waals surface area contributed by atoms with Gasteiger partial charge in [0.1, 0.15) is 17.7 Å². The molecular formula is C34H36FN5O4. The second-order valence-electron chi connectivity index (χ2n) is 12.0. The Morgan fingerprint density at radius 3 is 2.66 bits per heavy atom. The van der Waals surface area contributed by atoms with Gasteiger partial charge >= 0.3 is 0 Å². The molecule has 0 saturated carbocycles. The van der Waals surface area contributed by atoms with Crippen molar-refractivity contribution in [2.75, 3.05) is 31.8 Å². The number of ether oxygens (including phenoxy) is 1. The van der Waals surface area contributed by atoms with Crippen molar-refractivity contribution in [3.05, 3.63) is 95.6 Å². The number of likely N-dealkylation sites (tertiary alicyclic amines) is 1. The van der Waals surface area contributed by atoms with E-state index in [2.05, 4.69) is 45.7 Å². The minimum Gasteiger partial charge on any atom is -0.391 e. The monoisotopic (exact) mass is 597 g/mol.